The second-order valence-electron chi connectivity index (χ2n) is 9.80. The Morgan fingerprint density at radius 1 is 1.02 bits per heavy atom. The molecule has 4 rings (SSSR count). The molecular weight excluding hydrogens is 508 g/mol. The molecule has 0 saturated carbocycles. The zero-order valence-electron chi connectivity index (χ0n) is 23.3. The second kappa shape index (κ2) is 13.5. The highest BCUT2D eigenvalue weighted by molar-refractivity contribution is 6.09. The standard InChI is InChI=1S/C30H36N6O4/c1-4-5-6-7-8-9-13-27(37)35-30(39)22-11-10-12-26(29(22)36-19-31-18-32-36)34-28(38)17-23-20(2)33-25-15-14-21(40-3)16-24(23)25/h10-12,14-16,18-19,33H,4-9,13,17H2,1-3H3,(H,34,38)(H,35,37,39). The molecule has 0 unspecified atom stereocenters. The number of carbonyl (C=O) groups excluding carboxylic acids is 3. The second-order valence-corrected chi connectivity index (χ2v) is 9.80. The predicted molar refractivity (Wildman–Crippen MR) is 154 cm³/mol. The average molecular weight is 545 g/mol. The molecule has 0 spiro atoms. The van der Waals surface area contributed by atoms with Crippen molar-refractivity contribution in [2.45, 2.75) is 65.2 Å². The van der Waals surface area contributed by atoms with E-state index >= 15 is 0 Å². The first-order chi connectivity index (χ1) is 19.4. The first-order valence-corrected chi connectivity index (χ1v) is 13.7. The van der Waals surface area contributed by atoms with Gasteiger partial charge in [-0.2, -0.15) is 5.10 Å². The Bertz CT molecular complexity index is 1480. The quantitative estimate of drug-likeness (QED) is 0.197. The van der Waals surface area contributed by atoms with Gasteiger partial charge in [0.15, 0.2) is 0 Å². The van der Waals surface area contributed by atoms with Gasteiger partial charge >= 0.3 is 0 Å². The first-order valence-electron chi connectivity index (χ1n) is 13.7. The van der Waals surface area contributed by atoms with Gasteiger partial charge in [-0.3, -0.25) is 19.7 Å². The summed E-state index contributed by atoms with van der Waals surface area (Å²) >= 11 is 0. The van der Waals surface area contributed by atoms with Crippen LogP contribution >= 0.6 is 0 Å². The molecule has 40 heavy (non-hydrogen) atoms. The highest BCUT2D eigenvalue weighted by Crippen LogP contribution is 2.28. The number of aromatic nitrogens is 4. The monoisotopic (exact) mass is 544 g/mol. The minimum Gasteiger partial charge on any atom is -0.497 e. The number of H-pyrrole nitrogens is 1. The molecule has 0 aliphatic heterocycles. The maximum atomic E-state index is 13.3. The summed E-state index contributed by atoms with van der Waals surface area (Å²) in [6, 6.07) is 10.6. The van der Waals surface area contributed by atoms with Crippen LogP contribution in [0, 0.1) is 6.92 Å². The fourth-order valence-electron chi connectivity index (χ4n) is 4.79. The maximum Gasteiger partial charge on any atom is 0.260 e. The fraction of sp³-hybridized carbons (Fsp3) is 0.367. The van der Waals surface area contributed by atoms with Gasteiger partial charge in [-0.15, -0.1) is 0 Å². The number of nitrogens with one attached hydrogen (secondary N) is 3. The zero-order chi connectivity index (χ0) is 28.5. The molecular formula is C30H36N6O4. The minimum atomic E-state index is -0.558. The van der Waals surface area contributed by atoms with E-state index in [1.54, 1.807) is 25.3 Å². The molecule has 0 aliphatic rings. The topological polar surface area (TPSA) is 131 Å². The molecule has 10 nitrogen and oxygen atoms in total. The van der Waals surface area contributed by atoms with Crippen LogP contribution in [0.15, 0.2) is 49.1 Å². The van der Waals surface area contributed by atoms with Gasteiger partial charge in [0, 0.05) is 23.0 Å². The van der Waals surface area contributed by atoms with E-state index in [9.17, 15) is 14.4 Å². The van der Waals surface area contributed by atoms with E-state index in [1.165, 1.54) is 30.2 Å². The van der Waals surface area contributed by atoms with E-state index in [1.807, 2.05) is 25.1 Å². The first kappa shape index (κ1) is 28.5. The largest absolute Gasteiger partial charge is 0.497 e. The Hall–Kier alpha value is -4.47. The summed E-state index contributed by atoms with van der Waals surface area (Å²) in [6.45, 7) is 4.08. The smallest absolute Gasteiger partial charge is 0.260 e. The third kappa shape index (κ3) is 6.93. The third-order valence-corrected chi connectivity index (χ3v) is 6.88. The van der Waals surface area contributed by atoms with Gasteiger partial charge in [0.05, 0.1) is 24.8 Å². The number of hydrogen-bond donors (Lipinski definition) is 3. The molecule has 0 radical (unpaired) electrons. The van der Waals surface area contributed by atoms with Crippen LogP contribution in [0.25, 0.3) is 16.6 Å². The van der Waals surface area contributed by atoms with Gasteiger partial charge in [-0.25, -0.2) is 9.67 Å². The molecule has 210 valence electrons. The van der Waals surface area contributed by atoms with Gasteiger partial charge in [0.1, 0.15) is 24.1 Å². The van der Waals surface area contributed by atoms with Crippen LogP contribution in [-0.4, -0.2) is 44.6 Å². The number of anilines is 1. The SMILES string of the molecule is CCCCCCCCC(=O)NC(=O)c1cccc(NC(=O)Cc2c(C)[nH]c3ccc(OC)cc23)c1-n1cncn1. The number of nitrogens with zero attached hydrogens (tertiary/aromatic N) is 3. The normalized spacial score (nSPS) is 11.0. The summed E-state index contributed by atoms with van der Waals surface area (Å²) < 4.78 is 6.76. The number of fused-ring (bicyclic) bond motifs is 1. The van der Waals surface area contributed by atoms with E-state index in [2.05, 4.69) is 32.6 Å². The van der Waals surface area contributed by atoms with Gasteiger partial charge < -0.3 is 15.0 Å². The van der Waals surface area contributed by atoms with E-state index in [-0.39, 0.29) is 30.2 Å². The average Bonchev–Trinajstić information content (AvgIpc) is 3.58. The number of methoxy groups -OCH3 is 1. The minimum absolute atomic E-state index is 0.100. The van der Waals surface area contributed by atoms with Crippen molar-refractivity contribution in [1.82, 2.24) is 25.1 Å². The highest BCUT2D eigenvalue weighted by atomic mass is 16.5. The molecule has 0 atom stereocenters. The number of imide groups is 1. The van der Waals surface area contributed by atoms with Crippen molar-refractivity contribution in [3.05, 3.63) is 65.9 Å². The molecule has 0 saturated heterocycles. The van der Waals surface area contributed by atoms with Gasteiger partial charge in [0.2, 0.25) is 11.8 Å². The number of amides is 3. The maximum absolute atomic E-state index is 13.3. The summed E-state index contributed by atoms with van der Waals surface area (Å²) in [5.74, 6) is -0.460. The van der Waals surface area contributed by atoms with Crippen LogP contribution in [-0.2, 0) is 16.0 Å². The highest BCUT2D eigenvalue weighted by Gasteiger charge is 2.21. The number of hydrogen-bond acceptors (Lipinski definition) is 6. The van der Waals surface area contributed by atoms with E-state index in [4.69, 9.17) is 4.74 Å². The number of rotatable bonds is 13. The Kier molecular flexibility index (Phi) is 9.66. The van der Waals surface area contributed by atoms with Gasteiger partial charge in [-0.1, -0.05) is 45.1 Å². The Morgan fingerprint density at radius 3 is 2.58 bits per heavy atom. The lowest BCUT2D eigenvalue weighted by molar-refractivity contribution is -0.120. The Labute approximate surface area is 233 Å². The number of aromatic amines is 1. The van der Waals surface area contributed by atoms with E-state index < -0.39 is 5.91 Å². The summed E-state index contributed by atoms with van der Waals surface area (Å²) in [4.78, 5) is 46.2. The molecule has 2 aromatic carbocycles. The molecule has 2 heterocycles. The number of benzene rings is 2. The van der Waals surface area contributed by atoms with Crippen LogP contribution in [0.3, 0.4) is 0 Å². The Morgan fingerprint density at radius 2 is 1.82 bits per heavy atom. The lowest BCUT2D eigenvalue weighted by Gasteiger charge is -2.15. The number of para-hydroxylation sites is 1. The van der Waals surface area contributed by atoms with Crippen LogP contribution in [0.1, 0.15) is 73.5 Å². The number of aryl methyl sites for hydroxylation is 1. The molecule has 0 aliphatic carbocycles. The van der Waals surface area contributed by atoms with Gasteiger partial charge in [-0.05, 0) is 49.2 Å². The van der Waals surface area contributed by atoms with E-state index in [0.29, 0.717) is 17.1 Å². The summed E-state index contributed by atoms with van der Waals surface area (Å²) in [5.41, 5.74) is 3.55. The van der Waals surface area contributed by atoms with Crippen molar-refractivity contribution in [2.75, 3.05) is 12.4 Å². The molecule has 0 fully saturated rings. The van der Waals surface area contributed by atoms with Crippen molar-refractivity contribution in [3.63, 3.8) is 0 Å². The molecule has 10 heteroatoms. The van der Waals surface area contributed by atoms with Crippen molar-refractivity contribution in [1.29, 1.82) is 0 Å². The Balaban J connectivity index is 1.51. The van der Waals surface area contributed by atoms with Crippen LogP contribution in [0.4, 0.5) is 5.69 Å². The molecule has 2 aromatic heterocycles. The third-order valence-electron chi connectivity index (χ3n) is 6.88. The fourth-order valence-corrected chi connectivity index (χ4v) is 4.79. The van der Waals surface area contributed by atoms with Crippen molar-refractivity contribution >= 4 is 34.3 Å². The van der Waals surface area contributed by atoms with Crippen molar-refractivity contribution < 1.29 is 19.1 Å². The lowest BCUT2D eigenvalue weighted by atomic mass is 10.1. The lowest BCUT2D eigenvalue weighted by Crippen LogP contribution is -2.31. The van der Waals surface area contributed by atoms with Crippen LogP contribution < -0.4 is 15.4 Å². The summed E-state index contributed by atoms with van der Waals surface area (Å²) in [6.07, 6.45) is 9.44. The number of ether oxygens (including phenoxy) is 1. The molecule has 3 N–H and O–H groups in total. The summed E-state index contributed by atoms with van der Waals surface area (Å²) in [7, 11) is 1.60. The molecule has 3 amide bonds. The predicted octanol–water partition coefficient (Wildman–Crippen LogP) is 5.25. The van der Waals surface area contributed by atoms with Crippen molar-refractivity contribution in [3.8, 4) is 11.4 Å². The van der Waals surface area contributed by atoms with E-state index in [0.717, 1.165) is 47.8 Å². The van der Waals surface area contributed by atoms with Gasteiger partial charge in [0.25, 0.3) is 5.91 Å². The van der Waals surface area contributed by atoms with Crippen LogP contribution in [0.5, 0.6) is 5.75 Å². The number of unbranched alkanes of at least 4 members (excludes halogenated alkanes) is 5. The number of carbonyl (C=O) groups is 3. The van der Waals surface area contributed by atoms with Crippen LogP contribution in [0.2, 0.25) is 0 Å². The zero-order valence-corrected chi connectivity index (χ0v) is 23.3. The summed E-state index contributed by atoms with van der Waals surface area (Å²) in [5, 5.41) is 10.5. The van der Waals surface area contributed by atoms with Crippen molar-refractivity contribution in [2.24, 2.45) is 0 Å². The molecule has 4 aromatic rings. The molecule has 0 bridgehead atoms.